The van der Waals surface area contributed by atoms with Gasteiger partial charge in [-0.3, -0.25) is 0 Å². The normalized spacial score (nSPS) is 12.2. The van der Waals surface area contributed by atoms with Crippen LogP contribution < -0.4 is 20.5 Å². The summed E-state index contributed by atoms with van der Waals surface area (Å²) >= 11 is 4.82. The van der Waals surface area contributed by atoms with Crippen LogP contribution in [0.3, 0.4) is 0 Å². The first-order valence-electron chi connectivity index (χ1n) is 5.81. The Hall–Kier alpha value is -2.27. The molecule has 3 rings (SSSR count). The highest BCUT2D eigenvalue weighted by atomic mass is 32.1. The molecule has 0 bridgehead atoms. The average molecular weight is 272 g/mol. The Morgan fingerprint density at radius 1 is 1.11 bits per heavy atom. The highest BCUT2D eigenvalue weighted by Gasteiger charge is 2.15. The van der Waals surface area contributed by atoms with Crippen molar-refractivity contribution in [2.24, 2.45) is 5.73 Å². The molecule has 0 fully saturated rings. The highest BCUT2D eigenvalue weighted by Crippen LogP contribution is 2.37. The predicted molar refractivity (Wildman–Crippen MR) is 77.7 cm³/mol. The van der Waals surface area contributed by atoms with E-state index in [0.717, 1.165) is 28.5 Å². The van der Waals surface area contributed by atoms with Crippen LogP contribution in [0, 0.1) is 0 Å². The second-order valence-corrected chi connectivity index (χ2v) is 4.59. The maximum atomic E-state index is 5.85. The largest absolute Gasteiger partial charge is 0.485 e. The molecule has 5 heteroatoms. The van der Waals surface area contributed by atoms with E-state index in [1.165, 1.54) is 0 Å². The molecule has 0 radical (unpaired) electrons. The van der Waals surface area contributed by atoms with E-state index in [1.807, 2.05) is 42.5 Å². The molecular weight excluding hydrogens is 260 g/mol. The van der Waals surface area contributed by atoms with Crippen molar-refractivity contribution >= 4 is 23.0 Å². The fraction of sp³-hybridized carbons (Fsp3) is 0.0714. The van der Waals surface area contributed by atoms with Crippen LogP contribution >= 0.6 is 12.2 Å². The van der Waals surface area contributed by atoms with Crippen LogP contribution in [0.4, 0.5) is 5.69 Å². The minimum absolute atomic E-state index is 0.235. The lowest BCUT2D eigenvalue weighted by Crippen LogP contribution is -2.18. The average Bonchev–Trinajstić information content (AvgIpc) is 2.57. The van der Waals surface area contributed by atoms with Gasteiger partial charge in [-0.2, -0.15) is 0 Å². The molecule has 0 atom stereocenters. The summed E-state index contributed by atoms with van der Waals surface area (Å²) < 4.78 is 11.6. The van der Waals surface area contributed by atoms with Gasteiger partial charge in [0.25, 0.3) is 0 Å². The van der Waals surface area contributed by atoms with E-state index in [2.05, 4.69) is 5.32 Å². The molecule has 0 amide bonds. The number of ether oxygens (including phenoxy) is 2. The number of nitrogens with two attached hydrogens (primary N) is 1. The lowest BCUT2D eigenvalue weighted by Gasteiger charge is -2.09. The van der Waals surface area contributed by atoms with Gasteiger partial charge in [-0.05, 0) is 42.5 Å². The van der Waals surface area contributed by atoms with E-state index in [4.69, 9.17) is 27.4 Å². The Bertz CT molecular complexity index is 643. The number of hydrogen-bond donors (Lipinski definition) is 2. The topological polar surface area (TPSA) is 56.5 Å². The SMILES string of the molecule is NC(=S)Nc1ccc2c(c1)COc1ccccc1O2. The summed E-state index contributed by atoms with van der Waals surface area (Å²) in [5.74, 6) is 2.23. The highest BCUT2D eigenvalue weighted by molar-refractivity contribution is 7.80. The maximum Gasteiger partial charge on any atom is 0.169 e. The van der Waals surface area contributed by atoms with Crippen LogP contribution in [0.15, 0.2) is 42.5 Å². The van der Waals surface area contributed by atoms with Gasteiger partial charge in [0.2, 0.25) is 0 Å². The standard InChI is InChI=1S/C14H12N2O2S/c15-14(19)16-10-5-6-11-9(7-10)8-17-12-3-1-2-4-13(12)18-11/h1-7H,8H2,(H3,15,16,19). The van der Waals surface area contributed by atoms with Crippen molar-refractivity contribution in [1.82, 2.24) is 0 Å². The molecule has 0 spiro atoms. The van der Waals surface area contributed by atoms with Crippen molar-refractivity contribution in [3.63, 3.8) is 0 Å². The quantitative estimate of drug-likeness (QED) is 0.781. The molecule has 1 heterocycles. The number of fused-ring (bicyclic) bond motifs is 2. The molecular formula is C14H12N2O2S. The third-order valence-electron chi connectivity index (χ3n) is 2.78. The molecule has 1 aliphatic heterocycles. The van der Waals surface area contributed by atoms with E-state index in [9.17, 15) is 0 Å². The number of para-hydroxylation sites is 2. The third kappa shape index (κ3) is 2.46. The zero-order valence-corrected chi connectivity index (χ0v) is 10.9. The number of benzene rings is 2. The van der Waals surface area contributed by atoms with Crippen molar-refractivity contribution in [3.8, 4) is 17.2 Å². The van der Waals surface area contributed by atoms with Crippen molar-refractivity contribution in [3.05, 3.63) is 48.0 Å². The van der Waals surface area contributed by atoms with E-state index in [1.54, 1.807) is 0 Å². The zero-order chi connectivity index (χ0) is 13.2. The summed E-state index contributed by atoms with van der Waals surface area (Å²) in [4.78, 5) is 0. The lowest BCUT2D eigenvalue weighted by molar-refractivity contribution is 0.307. The fourth-order valence-corrected chi connectivity index (χ4v) is 2.06. The number of anilines is 1. The van der Waals surface area contributed by atoms with Crippen LogP contribution in [-0.2, 0) is 6.61 Å². The van der Waals surface area contributed by atoms with Gasteiger partial charge >= 0.3 is 0 Å². The minimum atomic E-state index is 0.235. The van der Waals surface area contributed by atoms with E-state index in [-0.39, 0.29) is 5.11 Å². The second-order valence-electron chi connectivity index (χ2n) is 4.15. The summed E-state index contributed by atoms with van der Waals surface area (Å²) in [6, 6.07) is 13.3. The molecule has 96 valence electrons. The van der Waals surface area contributed by atoms with Gasteiger partial charge in [-0.1, -0.05) is 12.1 Å². The summed E-state index contributed by atoms with van der Waals surface area (Å²) in [5, 5.41) is 3.13. The van der Waals surface area contributed by atoms with E-state index in [0.29, 0.717) is 6.61 Å². The van der Waals surface area contributed by atoms with Crippen molar-refractivity contribution in [2.75, 3.05) is 5.32 Å². The van der Waals surface area contributed by atoms with Crippen LogP contribution in [-0.4, -0.2) is 5.11 Å². The monoisotopic (exact) mass is 272 g/mol. The van der Waals surface area contributed by atoms with E-state index < -0.39 is 0 Å². The van der Waals surface area contributed by atoms with Gasteiger partial charge in [0, 0.05) is 11.3 Å². The molecule has 3 N–H and O–H groups in total. The van der Waals surface area contributed by atoms with Gasteiger partial charge < -0.3 is 20.5 Å². The molecule has 0 unspecified atom stereocenters. The third-order valence-corrected chi connectivity index (χ3v) is 2.88. The van der Waals surface area contributed by atoms with Gasteiger partial charge in [0.05, 0.1) is 0 Å². The predicted octanol–water partition coefficient (Wildman–Crippen LogP) is 3.03. The summed E-state index contributed by atoms with van der Waals surface area (Å²) in [7, 11) is 0. The molecule has 0 aromatic heterocycles. The van der Waals surface area contributed by atoms with Gasteiger partial charge in [-0.25, -0.2) is 0 Å². The van der Waals surface area contributed by atoms with Gasteiger partial charge in [0.1, 0.15) is 12.4 Å². The summed E-state index contributed by atoms with van der Waals surface area (Å²) in [6.45, 7) is 0.444. The maximum absolute atomic E-state index is 5.85. The van der Waals surface area contributed by atoms with Crippen molar-refractivity contribution in [1.29, 1.82) is 0 Å². The van der Waals surface area contributed by atoms with Gasteiger partial charge in [0.15, 0.2) is 16.6 Å². The Kier molecular flexibility index (Phi) is 2.97. The molecule has 0 saturated carbocycles. The number of thiocarbonyl (C=S) groups is 1. The summed E-state index contributed by atoms with van der Waals surface area (Å²) in [5.41, 5.74) is 7.22. The van der Waals surface area contributed by atoms with Crippen LogP contribution in [0.25, 0.3) is 0 Å². The van der Waals surface area contributed by atoms with Crippen molar-refractivity contribution < 1.29 is 9.47 Å². The molecule has 0 saturated heterocycles. The smallest absolute Gasteiger partial charge is 0.169 e. The number of hydrogen-bond acceptors (Lipinski definition) is 3. The Morgan fingerprint density at radius 2 is 1.89 bits per heavy atom. The minimum Gasteiger partial charge on any atom is -0.485 e. The molecule has 2 aromatic rings. The number of rotatable bonds is 1. The number of nitrogens with one attached hydrogen (secondary N) is 1. The Labute approximate surface area is 116 Å². The Balaban J connectivity index is 1.95. The first kappa shape index (κ1) is 11.8. The first-order valence-corrected chi connectivity index (χ1v) is 6.22. The molecule has 1 aliphatic rings. The van der Waals surface area contributed by atoms with Crippen LogP contribution in [0.1, 0.15) is 5.56 Å². The summed E-state index contributed by atoms with van der Waals surface area (Å²) in [6.07, 6.45) is 0. The van der Waals surface area contributed by atoms with E-state index >= 15 is 0 Å². The second kappa shape index (κ2) is 4.78. The van der Waals surface area contributed by atoms with Crippen LogP contribution in [0.2, 0.25) is 0 Å². The fourth-order valence-electron chi connectivity index (χ4n) is 1.94. The van der Waals surface area contributed by atoms with Crippen molar-refractivity contribution in [2.45, 2.75) is 6.61 Å². The molecule has 4 nitrogen and oxygen atoms in total. The Morgan fingerprint density at radius 3 is 2.68 bits per heavy atom. The zero-order valence-electron chi connectivity index (χ0n) is 10.1. The molecule has 0 aliphatic carbocycles. The first-order chi connectivity index (χ1) is 9.22. The lowest BCUT2D eigenvalue weighted by atomic mass is 10.2. The van der Waals surface area contributed by atoms with Gasteiger partial charge in [-0.15, -0.1) is 0 Å². The molecule has 2 aromatic carbocycles. The molecule has 19 heavy (non-hydrogen) atoms. The van der Waals surface area contributed by atoms with Crippen LogP contribution in [0.5, 0.6) is 17.2 Å².